The minimum absolute atomic E-state index is 0.0819. The van der Waals surface area contributed by atoms with Gasteiger partial charge in [0.2, 0.25) is 5.91 Å². The lowest BCUT2D eigenvalue weighted by Gasteiger charge is -2.44. The highest BCUT2D eigenvalue weighted by atomic mass is 35.5. The first-order valence-electron chi connectivity index (χ1n) is 13.0. The van der Waals surface area contributed by atoms with E-state index in [0.717, 1.165) is 25.8 Å². The molecule has 0 spiro atoms. The number of nitrogens with one attached hydrogen (secondary N) is 1. The highest BCUT2D eigenvalue weighted by Gasteiger charge is 2.48. The van der Waals surface area contributed by atoms with E-state index in [2.05, 4.69) is 17.2 Å². The number of amides is 1. The summed E-state index contributed by atoms with van der Waals surface area (Å²) in [5, 5.41) is 52.0. The van der Waals surface area contributed by atoms with Crippen molar-refractivity contribution in [3.05, 3.63) is 22.1 Å². The largest absolute Gasteiger partial charge is 0.392 e. The van der Waals surface area contributed by atoms with Gasteiger partial charge in [-0.1, -0.05) is 13.3 Å². The van der Waals surface area contributed by atoms with Crippen molar-refractivity contribution in [2.75, 3.05) is 26.5 Å². The van der Waals surface area contributed by atoms with Crippen LogP contribution in [0.15, 0.2) is 6.20 Å². The number of thioether (sulfide) groups is 1. The van der Waals surface area contributed by atoms with E-state index in [1.807, 2.05) is 11.9 Å². The van der Waals surface area contributed by atoms with E-state index in [1.165, 1.54) is 22.5 Å². The molecule has 0 saturated carbocycles. The lowest BCUT2D eigenvalue weighted by molar-refractivity contribution is -0.392. The molecule has 0 radical (unpaired) electrons. The van der Waals surface area contributed by atoms with Crippen LogP contribution in [0, 0.1) is 23.0 Å². The van der Waals surface area contributed by atoms with Gasteiger partial charge in [0, 0.05) is 13.5 Å². The zero-order chi connectivity index (χ0) is 29.4. The number of hydrogen-bond donors (Lipinski definition) is 5. The Morgan fingerprint density at radius 2 is 2.03 bits per heavy atom. The maximum atomic E-state index is 12.9. The van der Waals surface area contributed by atoms with Crippen molar-refractivity contribution in [3.8, 4) is 0 Å². The normalized spacial score (nSPS) is 30.8. The Hall–Kier alpha value is -1.52. The molecule has 224 valence electrons. The lowest BCUT2D eigenvalue weighted by Crippen LogP contribution is -2.65. The Morgan fingerprint density at radius 3 is 2.56 bits per heavy atom. The molecule has 1 amide bonds. The molecule has 2 aliphatic heterocycles. The van der Waals surface area contributed by atoms with E-state index in [0.29, 0.717) is 11.7 Å². The summed E-state index contributed by atoms with van der Waals surface area (Å²) in [5.74, 6) is 0.806. The molecule has 1 aromatic heterocycles. The van der Waals surface area contributed by atoms with Crippen LogP contribution < -0.4 is 5.32 Å². The number of aliphatic hydroxyl groups excluding tert-OH is 4. The average Bonchev–Trinajstić information content (AvgIpc) is 3.44. The van der Waals surface area contributed by atoms with Crippen molar-refractivity contribution in [2.24, 2.45) is 5.92 Å². The van der Waals surface area contributed by atoms with Crippen molar-refractivity contribution >= 4 is 35.1 Å². The fourth-order valence-electron chi connectivity index (χ4n) is 5.09. The van der Waals surface area contributed by atoms with Crippen LogP contribution in [0.1, 0.15) is 38.9 Å². The smallest absolute Gasteiger partial charge is 0.342 e. The summed E-state index contributed by atoms with van der Waals surface area (Å²) < 4.78 is 7.16. The monoisotopic (exact) mass is 595 g/mol. The maximum Gasteiger partial charge on any atom is 0.342 e. The van der Waals surface area contributed by atoms with Gasteiger partial charge in [-0.15, -0.1) is 23.4 Å². The van der Waals surface area contributed by atoms with Crippen molar-refractivity contribution in [3.63, 3.8) is 0 Å². The van der Waals surface area contributed by atoms with Crippen molar-refractivity contribution in [2.45, 2.75) is 93.9 Å². The highest BCUT2D eigenvalue weighted by molar-refractivity contribution is 7.99. The van der Waals surface area contributed by atoms with Gasteiger partial charge in [-0.25, -0.2) is 9.55 Å². The SMILES string of the molecule is CCC[C@@H]1C[C@@H](C(=O)NC(C(C)Cl)[C@H]2O[C@H](SC)[C@H](O)[C@@H](O)[C@H]2O)N(C)C1.Cc1ncc([N+](=O)[O-])n1CCO. The zero-order valence-electron chi connectivity index (χ0n) is 23.0. The van der Waals surface area contributed by atoms with Crippen LogP contribution in [0.2, 0.25) is 0 Å². The summed E-state index contributed by atoms with van der Waals surface area (Å²) in [6, 6.07) is -0.934. The third kappa shape index (κ3) is 8.49. The second-order valence-corrected chi connectivity index (χ2v) is 11.7. The number of imidazole rings is 1. The second kappa shape index (κ2) is 15.5. The number of carbonyl (C=O) groups is 1. The molecule has 0 aliphatic carbocycles. The zero-order valence-corrected chi connectivity index (χ0v) is 24.6. The van der Waals surface area contributed by atoms with E-state index >= 15 is 0 Å². The van der Waals surface area contributed by atoms with Crippen molar-refractivity contribution in [1.82, 2.24) is 19.8 Å². The number of hydrogen-bond acceptors (Lipinski definition) is 11. The minimum Gasteiger partial charge on any atom is -0.392 e. The molecule has 3 rings (SSSR count). The minimum atomic E-state index is -1.36. The Balaban J connectivity index is 0.000000370. The fourth-order valence-corrected chi connectivity index (χ4v) is 5.98. The number of likely N-dealkylation sites (N-methyl/N-ethyl adjacent to an activating group) is 1. The molecule has 3 heterocycles. The first-order chi connectivity index (χ1) is 18.4. The topological polar surface area (TPSA) is 183 Å². The molecule has 15 heteroatoms. The molecule has 0 aromatic carbocycles. The number of ether oxygens (including phenoxy) is 1. The van der Waals surface area contributed by atoms with Crippen LogP contribution in [-0.2, 0) is 16.1 Å². The summed E-state index contributed by atoms with van der Waals surface area (Å²) in [6.45, 7) is 6.48. The Labute approximate surface area is 238 Å². The van der Waals surface area contributed by atoms with Crippen molar-refractivity contribution in [1.29, 1.82) is 0 Å². The molecule has 5 N–H and O–H groups in total. The van der Waals surface area contributed by atoms with Crippen LogP contribution in [0.25, 0.3) is 0 Å². The summed E-state index contributed by atoms with van der Waals surface area (Å²) in [5.41, 5.74) is -0.702. The molecule has 39 heavy (non-hydrogen) atoms. The number of nitro groups is 1. The third-order valence-corrected chi connectivity index (χ3v) is 8.30. The standard InChI is InChI=1S/C18H33ClN2O5S.C6H9N3O3/c1-5-6-10-7-11(21(3)8-10)17(25)20-12(9(2)19)16-14(23)13(22)15(24)18(26-16)27-4;1-5-7-4-6(9(11)12)8(5)2-3-10/h9-16,18,22-24H,5-8H2,1-4H3,(H,20,25);4,10H,2-3H2,1H3/t9?,10-,11+,12?,13+,14-,15-,16-,18-;/m1./s1. The van der Waals surface area contributed by atoms with Gasteiger partial charge in [-0.2, -0.15) is 0 Å². The highest BCUT2D eigenvalue weighted by Crippen LogP contribution is 2.31. The number of alkyl halides is 1. The molecule has 2 fully saturated rings. The Kier molecular flexibility index (Phi) is 13.4. The number of nitrogens with zero attached hydrogens (tertiary/aromatic N) is 4. The van der Waals surface area contributed by atoms with Gasteiger partial charge in [0.05, 0.1) is 24.1 Å². The van der Waals surface area contributed by atoms with Gasteiger partial charge >= 0.3 is 5.82 Å². The van der Waals surface area contributed by atoms with Gasteiger partial charge < -0.3 is 40.6 Å². The number of likely N-dealkylation sites (tertiary alicyclic amines) is 1. The number of rotatable bonds is 10. The number of aliphatic hydroxyl groups is 4. The van der Waals surface area contributed by atoms with E-state index < -0.39 is 46.2 Å². The fraction of sp³-hybridized carbons (Fsp3) is 0.833. The molecule has 2 unspecified atom stereocenters. The Morgan fingerprint density at radius 1 is 1.36 bits per heavy atom. The van der Waals surface area contributed by atoms with Gasteiger partial charge in [-0.3, -0.25) is 9.69 Å². The van der Waals surface area contributed by atoms with E-state index in [4.69, 9.17) is 21.4 Å². The van der Waals surface area contributed by atoms with Gasteiger partial charge in [0.25, 0.3) is 0 Å². The van der Waals surface area contributed by atoms with Crippen LogP contribution in [-0.4, -0.2) is 119 Å². The molecular formula is C24H42ClN5O8S. The summed E-state index contributed by atoms with van der Waals surface area (Å²) in [4.78, 5) is 28.6. The number of halogens is 1. The van der Waals surface area contributed by atoms with E-state index in [-0.39, 0.29) is 30.9 Å². The number of aromatic nitrogens is 2. The van der Waals surface area contributed by atoms with E-state index in [1.54, 1.807) is 20.1 Å². The van der Waals surface area contributed by atoms with Crippen molar-refractivity contribution < 1.29 is 34.9 Å². The predicted molar refractivity (Wildman–Crippen MR) is 148 cm³/mol. The molecule has 0 bridgehead atoms. The van der Waals surface area contributed by atoms with Gasteiger partial charge in [0.15, 0.2) is 5.82 Å². The lowest BCUT2D eigenvalue weighted by atomic mass is 9.92. The quantitative estimate of drug-likeness (QED) is 0.144. The first kappa shape index (κ1) is 33.7. The van der Waals surface area contributed by atoms with Gasteiger partial charge in [0.1, 0.15) is 42.6 Å². The molecule has 2 saturated heterocycles. The van der Waals surface area contributed by atoms with Crippen LogP contribution in [0.4, 0.5) is 5.82 Å². The summed E-state index contributed by atoms with van der Waals surface area (Å²) >= 11 is 7.55. The summed E-state index contributed by atoms with van der Waals surface area (Å²) in [7, 11) is 1.94. The third-order valence-electron chi connectivity index (χ3n) is 7.18. The molecular weight excluding hydrogens is 554 g/mol. The maximum absolute atomic E-state index is 12.9. The Bertz CT molecular complexity index is 938. The van der Waals surface area contributed by atoms with Crippen LogP contribution in [0.3, 0.4) is 0 Å². The van der Waals surface area contributed by atoms with Gasteiger partial charge in [-0.05, 0) is 43.9 Å². The molecule has 9 atom stereocenters. The van der Waals surface area contributed by atoms with Crippen LogP contribution >= 0.6 is 23.4 Å². The van der Waals surface area contributed by atoms with E-state index in [9.17, 15) is 30.2 Å². The second-order valence-electron chi connectivity index (χ2n) is 10.0. The van der Waals surface area contributed by atoms with Crippen LogP contribution in [0.5, 0.6) is 0 Å². The predicted octanol–water partition coefficient (Wildman–Crippen LogP) is 0.482. The first-order valence-corrected chi connectivity index (χ1v) is 14.7. The molecule has 2 aliphatic rings. The number of carbonyl (C=O) groups excluding carboxylic acids is 1. The average molecular weight is 596 g/mol. The summed E-state index contributed by atoms with van der Waals surface area (Å²) in [6.07, 6.45) is 1.09. The molecule has 13 nitrogen and oxygen atoms in total. The molecule has 1 aromatic rings. The number of aryl methyl sites for hydroxylation is 1.